The van der Waals surface area contributed by atoms with Gasteiger partial charge in [0, 0.05) is 13.1 Å². The summed E-state index contributed by atoms with van der Waals surface area (Å²) >= 11 is 0. The van der Waals surface area contributed by atoms with E-state index in [9.17, 15) is 14.7 Å². The molecule has 0 aliphatic heterocycles. The Morgan fingerprint density at radius 3 is 2.41 bits per heavy atom. The van der Waals surface area contributed by atoms with Gasteiger partial charge in [-0.25, -0.2) is 9.59 Å². The average Bonchev–Trinajstić information content (AvgIpc) is 2.78. The number of nitrogens with one attached hydrogen (secondary N) is 1. The highest BCUT2D eigenvalue weighted by molar-refractivity contribution is 5.79. The molecule has 2 amide bonds. The predicted molar refractivity (Wildman–Crippen MR) is 61.7 cm³/mol. The molecule has 1 rings (SSSR count). The van der Waals surface area contributed by atoms with Gasteiger partial charge in [-0.05, 0) is 19.8 Å². The SMILES string of the molecule is CN(C(=O)NCC(C)(O)C(=O)O)C1CCCC1. The molecule has 0 radical (unpaired) electrons. The van der Waals surface area contributed by atoms with Crippen LogP contribution in [0.5, 0.6) is 0 Å². The molecule has 0 bridgehead atoms. The van der Waals surface area contributed by atoms with Gasteiger partial charge in [-0.2, -0.15) is 0 Å². The Hall–Kier alpha value is -1.30. The van der Waals surface area contributed by atoms with Gasteiger partial charge in [-0.3, -0.25) is 0 Å². The largest absolute Gasteiger partial charge is 0.479 e. The van der Waals surface area contributed by atoms with E-state index in [1.165, 1.54) is 0 Å². The van der Waals surface area contributed by atoms with Crippen molar-refractivity contribution in [1.82, 2.24) is 10.2 Å². The number of urea groups is 1. The van der Waals surface area contributed by atoms with Crippen LogP contribution in [0.1, 0.15) is 32.6 Å². The van der Waals surface area contributed by atoms with E-state index in [1.807, 2.05) is 0 Å². The van der Waals surface area contributed by atoms with Crippen molar-refractivity contribution in [1.29, 1.82) is 0 Å². The number of carboxylic acid groups (broad SMARTS) is 1. The maximum atomic E-state index is 11.7. The van der Waals surface area contributed by atoms with E-state index in [-0.39, 0.29) is 18.6 Å². The summed E-state index contributed by atoms with van der Waals surface area (Å²) in [4.78, 5) is 23.9. The third-order valence-electron chi connectivity index (χ3n) is 3.24. The molecular formula is C11H20N2O4. The van der Waals surface area contributed by atoms with E-state index in [1.54, 1.807) is 11.9 Å². The van der Waals surface area contributed by atoms with Gasteiger partial charge in [-0.1, -0.05) is 12.8 Å². The summed E-state index contributed by atoms with van der Waals surface area (Å²) in [6.07, 6.45) is 4.21. The van der Waals surface area contributed by atoms with Crippen molar-refractivity contribution in [2.75, 3.05) is 13.6 Å². The normalized spacial score (nSPS) is 19.7. The van der Waals surface area contributed by atoms with Crippen LogP contribution in [0.15, 0.2) is 0 Å². The van der Waals surface area contributed by atoms with E-state index in [2.05, 4.69) is 5.32 Å². The highest BCUT2D eigenvalue weighted by Crippen LogP contribution is 2.22. The summed E-state index contributed by atoms with van der Waals surface area (Å²) in [6, 6.07) is -0.108. The summed E-state index contributed by atoms with van der Waals surface area (Å²) in [5, 5.41) is 20.6. The van der Waals surface area contributed by atoms with Crippen LogP contribution < -0.4 is 5.32 Å². The number of aliphatic hydroxyl groups is 1. The van der Waals surface area contributed by atoms with Crippen LogP contribution in [-0.4, -0.2) is 52.3 Å². The smallest absolute Gasteiger partial charge is 0.337 e. The van der Waals surface area contributed by atoms with E-state index in [4.69, 9.17) is 5.11 Å². The minimum atomic E-state index is -1.92. The van der Waals surface area contributed by atoms with Crippen molar-refractivity contribution in [3.63, 3.8) is 0 Å². The van der Waals surface area contributed by atoms with Crippen LogP contribution in [0.4, 0.5) is 4.79 Å². The number of carboxylic acids is 1. The van der Waals surface area contributed by atoms with Crippen LogP contribution in [0.2, 0.25) is 0 Å². The van der Waals surface area contributed by atoms with Gasteiger partial charge < -0.3 is 20.4 Å². The quantitative estimate of drug-likeness (QED) is 0.668. The van der Waals surface area contributed by atoms with E-state index in [0.717, 1.165) is 32.6 Å². The maximum absolute atomic E-state index is 11.7. The molecule has 3 N–H and O–H groups in total. The van der Waals surface area contributed by atoms with Crippen LogP contribution in [-0.2, 0) is 4.79 Å². The van der Waals surface area contributed by atoms with Gasteiger partial charge in [0.2, 0.25) is 0 Å². The van der Waals surface area contributed by atoms with E-state index >= 15 is 0 Å². The maximum Gasteiger partial charge on any atom is 0.337 e. The van der Waals surface area contributed by atoms with Gasteiger partial charge in [0.25, 0.3) is 0 Å². The fraction of sp³-hybridized carbons (Fsp3) is 0.818. The topological polar surface area (TPSA) is 89.9 Å². The Morgan fingerprint density at radius 2 is 1.94 bits per heavy atom. The van der Waals surface area contributed by atoms with Crippen molar-refractivity contribution in [3.8, 4) is 0 Å². The van der Waals surface area contributed by atoms with Gasteiger partial charge in [-0.15, -0.1) is 0 Å². The second-order valence-corrected chi connectivity index (χ2v) is 4.79. The van der Waals surface area contributed by atoms with Gasteiger partial charge in [0.15, 0.2) is 5.60 Å². The summed E-state index contributed by atoms with van der Waals surface area (Å²) in [7, 11) is 1.70. The highest BCUT2D eigenvalue weighted by atomic mass is 16.4. The second-order valence-electron chi connectivity index (χ2n) is 4.79. The van der Waals surface area contributed by atoms with Gasteiger partial charge in [0.1, 0.15) is 0 Å². The number of hydrogen-bond donors (Lipinski definition) is 3. The number of amides is 2. The summed E-state index contributed by atoms with van der Waals surface area (Å²) in [5.74, 6) is -1.35. The van der Waals surface area contributed by atoms with Crippen molar-refractivity contribution < 1.29 is 19.8 Å². The number of carbonyl (C=O) groups is 2. The summed E-state index contributed by atoms with van der Waals surface area (Å²) in [6.45, 7) is 0.864. The first-order valence-corrected chi connectivity index (χ1v) is 5.81. The van der Waals surface area contributed by atoms with Crippen molar-refractivity contribution in [2.45, 2.75) is 44.2 Å². The first-order valence-electron chi connectivity index (χ1n) is 5.81. The lowest BCUT2D eigenvalue weighted by Gasteiger charge is -2.26. The third-order valence-corrected chi connectivity index (χ3v) is 3.24. The lowest BCUT2D eigenvalue weighted by atomic mass is 10.1. The molecule has 0 saturated heterocycles. The Balaban J connectivity index is 2.41. The number of aliphatic carboxylic acids is 1. The Kier molecular flexibility index (Phi) is 4.34. The first-order chi connectivity index (χ1) is 7.84. The average molecular weight is 244 g/mol. The molecule has 0 aromatic rings. The van der Waals surface area contributed by atoms with Crippen molar-refractivity contribution in [2.24, 2.45) is 0 Å². The Bertz CT molecular complexity index is 298. The Morgan fingerprint density at radius 1 is 1.41 bits per heavy atom. The standard InChI is InChI=1S/C11H20N2O4/c1-11(17,9(14)15)7-12-10(16)13(2)8-5-3-4-6-8/h8,17H,3-7H2,1-2H3,(H,12,16)(H,14,15). The minimum absolute atomic E-state index is 0.227. The third kappa shape index (κ3) is 3.59. The zero-order valence-corrected chi connectivity index (χ0v) is 10.3. The fourth-order valence-corrected chi connectivity index (χ4v) is 1.91. The number of hydrogen-bond acceptors (Lipinski definition) is 3. The minimum Gasteiger partial charge on any atom is -0.479 e. The van der Waals surface area contributed by atoms with Crippen molar-refractivity contribution >= 4 is 12.0 Å². The second kappa shape index (κ2) is 5.35. The molecule has 1 unspecified atom stereocenters. The molecule has 1 fully saturated rings. The molecular weight excluding hydrogens is 224 g/mol. The molecule has 1 aliphatic rings. The molecule has 1 aliphatic carbocycles. The molecule has 0 heterocycles. The molecule has 1 saturated carbocycles. The molecule has 1 atom stereocenters. The van der Waals surface area contributed by atoms with Gasteiger partial charge >= 0.3 is 12.0 Å². The molecule has 0 spiro atoms. The van der Waals surface area contributed by atoms with E-state index in [0.29, 0.717) is 0 Å². The predicted octanol–water partition coefficient (Wildman–Crippen LogP) is 0.406. The highest BCUT2D eigenvalue weighted by Gasteiger charge is 2.31. The van der Waals surface area contributed by atoms with Crippen LogP contribution in [0.3, 0.4) is 0 Å². The molecule has 0 aromatic heterocycles. The Labute approximate surface area is 101 Å². The molecule has 17 heavy (non-hydrogen) atoms. The van der Waals surface area contributed by atoms with E-state index < -0.39 is 11.6 Å². The summed E-state index contributed by atoms with van der Waals surface area (Å²) < 4.78 is 0. The van der Waals surface area contributed by atoms with Crippen LogP contribution >= 0.6 is 0 Å². The first kappa shape index (κ1) is 13.8. The molecule has 6 nitrogen and oxygen atoms in total. The molecule has 0 aromatic carbocycles. The number of carbonyl (C=O) groups excluding carboxylic acids is 1. The van der Waals surface area contributed by atoms with Crippen LogP contribution in [0, 0.1) is 0 Å². The zero-order valence-electron chi connectivity index (χ0n) is 10.3. The molecule has 6 heteroatoms. The van der Waals surface area contributed by atoms with Gasteiger partial charge in [0.05, 0.1) is 6.54 Å². The number of rotatable bonds is 4. The number of nitrogens with zero attached hydrogens (tertiary/aromatic N) is 1. The lowest BCUT2D eigenvalue weighted by molar-refractivity contribution is -0.155. The van der Waals surface area contributed by atoms with Crippen molar-refractivity contribution in [3.05, 3.63) is 0 Å². The molecule has 98 valence electrons. The van der Waals surface area contributed by atoms with Crippen LogP contribution in [0.25, 0.3) is 0 Å². The lowest BCUT2D eigenvalue weighted by Crippen LogP contribution is -2.50. The fourth-order valence-electron chi connectivity index (χ4n) is 1.91. The summed E-state index contributed by atoms with van der Waals surface area (Å²) in [5.41, 5.74) is -1.92. The monoisotopic (exact) mass is 244 g/mol. The zero-order chi connectivity index (χ0) is 13.1.